The molecule has 0 aliphatic carbocycles. The lowest BCUT2D eigenvalue weighted by molar-refractivity contribution is 0.506. The highest BCUT2D eigenvalue weighted by Gasteiger charge is 2.12. The van der Waals surface area contributed by atoms with E-state index in [0.29, 0.717) is 6.04 Å². The van der Waals surface area contributed by atoms with Gasteiger partial charge in [-0.15, -0.1) is 0 Å². The van der Waals surface area contributed by atoms with Crippen LogP contribution in [0.3, 0.4) is 0 Å². The Morgan fingerprint density at radius 3 is 2.78 bits per heavy atom. The number of nitrogens with one attached hydrogen (secondary N) is 1. The average Bonchev–Trinajstić information content (AvgIpc) is 2.86. The van der Waals surface area contributed by atoms with Gasteiger partial charge < -0.3 is 0 Å². The summed E-state index contributed by atoms with van der Waals surface area (Å²) in [5.74, 6) is 5.61. The molecule has 5 heteroatoms. The third-order valence-corrected chi connectivity index (χ3v) is 2.89. The molecule has 1 unspecified atom stereocenters. The van der Waals surface area contributed by atoms with Crippen LogP contribution >= 0.6 is 0 Å². The average molecular weight is 245 g/mol. The van der Waals surface area contributed by atoms with Crippen LogP contribution in [0.15, 0.2) is 36.8 Å². The number of hydrogen-bond donors (Lipinski definition) is 2. The second-order valence-electron chi connectivity index (χ2n) is 4.59. The Kier molecular flexibility index (Phi) is 4.07. The van der Waals surface area contributed by atoms with Crippen LogP contribution in [0.25, 0.3) is 0 Å². The summed E-state index contributed by atoms with van der Waals surface area (Å²) < 4.78 is 1.95. The number of hydrazine groups is 1. The first-order chi connectivity index (χ1) is 8.70. The number of rotatable bonds is 5. The van der Waals surface area contributed by atoms with Crippen molar-refractivity contribution in [2.75, 3.05) is 0 Å². The molecule has 0 saturated heterocycles. The van der Waals surface area contributed by atoms with Gasteiger partial charge in [0, 0.05) is 31.1 Å². The van der Waals surface area contributed by atoms with Crippen molar-refractivity contribution in [1.82, 2.24) is 20.2 Å². The van der Waals surface area contributed by atoms with Crippen LogP contribution in [0.2, 0.25) is 0 Å². The Morgan fingerprint density at radius 1 is 1.39 bits per heavy atom. The first-order valence-electron chi connectivity index (χ1n) is 6.10. The Bertz CT molecular complexity index is 477. The first kappa shape index (κ1) is 12.7. The van der Waals surface area contributed by atoms with Gasteiger partial charge in [0.15, 0.2) is 0 Å². The third-order valence-electron chi connectivity index (χ3n) is 2.89. The molecule has 0 amide bonds. The van der Waals surface area contributed by atoms with Gasteiger partial charge in [0.05, 0.1) is 11.7 Å². The van der Waals surface area contributed by atoms with Crippen LogP contribution in [0, 0.1) is 0 Å². The molecule has 0 fully saturated rings. The molecule has 18 heavy (non-hydrogen) atoms. The summed E-state index contributed by atoms with van der Waals surface area (Å²) in [4.78, 5) is 4.11. The zero-order valence-corrected chi connectivity index (χ0v) is 10.7. The van der Waals surface area contributed by atoms with Gasteiger partial charge in [-0.1, -0.05) is 6.07 Å². The highest BCUT2D eigenvalue weighted by atomic mass is 15.3. The van der Waals surface area contributed by atoms with Crippen molar-refractivity contribution >= 4 is 0 Å². The molecule has 2 heterocycles. The molecule has 2 aromatic heterocycles. The van der Waals surface area contributed by atoms with E-state index in [4.69, 9.17) is 5.84 Å². The van der Waals surface area contributed by atoms with Gasteiger partial charge in [-0.25, -0.2) is 0 Å². The van der Waals surface area contributed by atoms with Crippen LogP contribution in [-0.4, -0.2) is 14.8 Å². The van der Waals surface area contributed by atoms with Crippen LogP contribution in [-0.2, 0) is 6.42 Å². The molecule has 0 radical (unpaired) electrons. The Balaban J connectivity index is 2.10. The Morgan fingerprint density at radius 2 is 2.22 bits per heavy atom. The summed E-state index contributed by atoms with van der Waals surface area (Å²) >= 11 is 0. The van der Waals surface area contributed by atoms with Gasteiger partial charge in [-0.3, -0.25) is 20.9 Å². The SMILES string of the molecule is CC(C)n1ccc(CC(NN)c2cccnc2)n1. The van der Waals surface area contributed by atoms with Gasteiger partial charge in [0.1, 0.15) is 0 Å². The van der Waals surface area contributed by atoms with Crippen molar-refractivity contribution in [2.45, 2.75) is 32.4 Å². The van der Waals surface area contributed by atoms with Crippen LogP contribution in [0.1, 0.15) is 37.2 Å². The number of aromatic nitrogens is 3. The van der Waals surface area contributed by atoms with Crippen molar-refractivity contribution in [3.63, 3.8) is 0 Å². The number of hydrogen-bond acceptors (Lipinski definition) is 4. The minimum Gasteiger partial charge on any atom is -0.271 e. The van der Waals surface area contributed by atoms with Crippen LogP contribution in [0.5, 0.6) is 0 Å². The van der Waals surface area contributed by atoms with Crippen molar-refractivity contribution < 1.29 is 0 Å². The summed E-state index contributed by atoms with van der Waals surface area (Å²) in [6.07, 6.45) is 6.33. The normalized spacial score (nSPS) is 12.9. The molecule has 0 saturated carbocycles. The fourth-order valence-electron chi connectivity index (χ4n) is 1.84. The van der Waals surface area contributed by atoms with E-state index >= 15 is 0 Å². The van der Waals surface area contributed by atoms with Crippen LogP contribution < -0.4 is 11.3 Å². The summed E-state index contributed by atoms with van der Waals surface area (Å²) in [5.41, 5.74) is 4.91. The number of nitrogens with zero attached hydrogens (tertiary/aromatic N) is 3. The highest BCUT2D eigenvalue weighted by molar-refractivity contribution is 5.16. The highest BCUT2D eigenvalue weighted by Crippen LogP contribution is 2.16. The standard InChI is InChI=1S/C13H19N5/c1-10(2)18-7-5-12(17-18)8-13(16-14)11-4-3-6-15-9-11/h3-7,9-10,13,16H,8,14H2,1-2H3. The second-order valence-corrected chi connectivity index (χ2v) is 4.59. The maximum Gasteiger partial charge on any atom is 0.0644 e. The number of pyridine rings is 1. The molecule has 0 aromatic carbocycles. The lowest BCUT2D eigenvalue weighted by Crippen LogP contribution is -2.29. The van der Waals surface area contributed by atoms with E-state index in [2.05, 4.69) is 29.4 Å². The molecule has 0 spiro atoms. The Labute approximate surface area is 107 Å². The summed E-state index contributed by atoms with van der Waals surface area (Å²) in [5, 5.41) is 4.52. The van der Waals surface area contributed by atoms with Gasteiger partial charge >= 0.3 is 0 Å². The topological polar surface area (TPSA) is 68.8 Å². The summed E-state index contributed by atoms with van der Waals surface area (Å²) in [7, 11) is 0. The predicted octanol–water partition coefficient (Wildman–Crippen LogP) is 1.61. The van der Waals surface area contributed by atoms with Gasteiger partial charge in [0.25, 0.3) is 0 Å². The quantitative estimate of drug-likeness (QED) is 0.620. The van der Waals surface area contributed by atoms with E-state index in [0.717, 1.165) is 17.7 Å². The predicted molar refractivity (Wildman–Crippen MR) is 70.6 cm³/mol. The molecular formula is C13H19N5. The molecule has 3 N–H and O–H groups in total. The van der Waals surface area contributed by atoms with Crippen molar-refractivity contribution in [2.24, 2.45) is 5.84 Å². The van der Waals surface area contributed by atoms with Crippen molar-refractivity contribution in [3.05, 3.63) is 48.0 Å². The monoisotopic (exact) mass is 245 g/mol. The second kappa shape index (κ2) is 5.75. The van der Waals surface area contributed by atoms with Gasteiger partial charge in [0.2, 0.25) is 0 Å². The fraction of sp³-hybridized carbons (Fsp3) is 0.385. The molecule has 5 nitrogen and oxygen atoms in total. The summed E-state index contributed by atoms with van der Waals surface area (Å²) in [6.45, 7) is 4.22. The molecule has 0 aliphatic rings. The van der Waals surface area contributed by atoms with Crippen LogP contribution in [0.4, 0.5) is 0 Å². The molecule has 1 atom stereocenters. The first-order valence-corrected chi connectivity index (χ1v) is 6.10. The third kappa shape index (κ3) is 2.94. The minimum absolute atomic E-state index is 0.0363. The minimum atomic E-state index is 0.0363. The van der Waals surface area contributed by atoms with E-state index in [1.54, 1.807) is 6.20 Å². The maximum absolute atomic E-state index is 5.61. The van der Waals surface area contributed by atoms with E-state index < -0.39 is 0 Å². The maximum atomic E-state index is 5.61. The molecular weight excluding hydrogens is 226 g/mol. The number of nitrogens with two attached hydrogens (primary N) is 1. The molecule has 2 aromatic rings. The molecule has 96 valence electrons. The van der Waals surface area contributed by atoms with Crippen molar-refractivity contribution in [3.8, 4) is 0 Å². The van der Waals surface area contributed by atoms with E-state index in [1.807, 2.05) is 35.3 Å². The van der Waals surface area contributed by atoms with Crippen molar-refractivity contribution in [1.29, 1.82) is 0 Å². The molecule has 0 aliphatic heterocycles. The molecule has 2 rings (SSSR count). The fourth-order valence-corrected chi connectivity index (χ4v) is 1.84. The Hall–Kier alpha value is -1.72. The smallest absolute Gasteiger partial charge is 0.0644 e. The van der Waals surface area contributed by atoms with Gasteiger partial charge in [-0.2, -0.15) is 5.10 Å². The lowest BCUT2D eigenvalue weighted by atomic mass is 10.1. The largest absolute Gasteiger partial charge is 0.271 e. The van der Waals surface area contributed by atoms with E-state index in [1.165, 1.54) is 0 Å². The zero-order valence-electron chi connectivity index (χ0n) is 10.7. The summed E-state index contributed by atoms with van der Waals surface area (Å²) in [6, 6.07) is 6.36. The lowest BCUT2D eigenvalue weighted by Gasteiger charge is -2.14. The van der Waals surface area contributed by atoms with E-state index in [9.17, 15) is 0 Å². The van der Waals surface area contributed by atoms with E-state index in [-0.39, 0.29) is 6.04 Å². The zero-order chi connectivity index (χ0) is 13.0. The molecule has 0 bridgehead atoms. The van der Waals surface area contributed by atoms with Gasteiger partial charge in [-0.05, 0) is 31.5 Å².